The maximum atomic E-state index is 12.2. The Hall–Kier alpha value is -2.93. The fraction of sp³-hybridized carbons (Fsp3) is 0.300. The molecule has 0 fully saturated rings. The predicted octanol–water partition coefficient (Wildman–Crippen LogP) is 4.21. The van der Waals surface area contributed by atoms with Crippen LogP contribution >= 0.6 is 11.6 Å². The van der Waals surface area contributed by atoms with Crippen molar-refractivity contribution in [3.63, 3.8) is 0 Å². The Bertz CT molecular complexity index is 889. The molecule has 0 atom stereocenters. The number of anilines is 1. The van der Waals surface area contributed by atoms with E-state index in [1.165, 1.54) is 12.1 Å². The molecule has 7 nitrogen and oxygen atoms in total. The smallest absolute Gasteiger partial charge is 0.270 e. The van der Waals surface area contributed by atoms with Gasteiger partial charge in [-0.15, -0.1) is 0 Å². The van der Waals surface area contributed by atoms with Gasteiger partial charge in [-0.25, -0.2) is 0 Å². The number of nitro benzene ring substituents is 1. The Balaban J connectivity index is 1.91. The van der Waals surface area contributed by atoms with E-state index < -0.39 is 16.2 Å². The molecule has 0 unspecified atom stereocenters. The highest BCUT2D eigenvalue weighted by Gasteiger charge is 2.21. The lowest BCUT2D eigenvalue weighted by molar-refractivity contribution is -0.384. The van der Waals surface area contributed by atoms with E-state index in [2.05, 4.69) is 10.6 Å². The van der Waals surface area contributed by atoms with Gasteiger partial charge in [-0.05, 0) is 30.2 Å². The number of rotatable bonds is 6. The molecule has 0 saturated carbocycles. The SMILES string of the molecule is CC(C)(C)C(=O)Nc1ccc(CCNC(=O)c2cc([N+](=O)[O-])ccc2Cl)cc1. The van der Waals surface area contributed by atoms with Crippen LogP contribution in [-0.2, 0) is 11.2 Å². The number of nitrogens with one attached hydrogen (secondary N) is 2. The Kier molecular flexibility index (Phi) is 6.75. The van der Waals surface area contributed by atoms with Gasteiger partial charge in [0.25, 0.3) is 11.6 Å². The van der Waals surface area contributed by atoms with Gasteiger partial charge in [0.2, 0.25) is 5.91 Å². The minimum atomic E-state index is -0.576. The van der Waals surface area contributed by atoms with E-state index >= 15 is 0 Å². The van der Waals surface area contributed by atoms with Crippen LogP contribution in [0.1, 0.15) is 36.7 Å². The molecule has 28 heavy (non-hydrogen) atoms. The molecule has 0 saturated heterocycles. The number of halogens is 1. The van der Waals surface area contributed by atoms with Crippen molar-refractivity contribution in [1.29, 1.82) is 0 Å². The van der Waals surface area contributed by atoms with Crippen molar-refractivity contribution in [3.05, 3.63) is 68.7 Å². The largest absolute Gasteiger partial charge is 0.352 e. The standard InChI is InChI=1S/C20H22ClN3O4/c1-20(2,3)19(26)23-14-6-4-13(5-7-14)10-11-22-18(25)16-12-15(24(27)28)8-9-17(16)21/h4-9,12H,10-11H2,1-3H3,(H,22,25)(H,23,26). The van der Waals surface area contributed by atoms with Crippen LogP contribution in [0.3, 0.4) is 0 Å². The second kappa shape index (κ2) is 8.84. The predicted molar refractivity (Wildman–Crippen MR) is 109 cm³/mol. The molecule has 2 aromatic rings. The molecular formula is C20H22ClN3O4. The lowest BCUT2D eigenvalue weighted by Crippen LogP contribution is -2.27. The number of amides is 2. The number of benzene rings is 2. The quantitative estimate of drug-likeness (QED) is 0.557. The summed E-state index contributed by atoms with van der Waals surface area (Å²) >= 11 is 5.96. The molecule has 0 aliphatic heterocycles. The molecule has 2 rings (SSSR count). The summed E-state index contributed by atoms with van der Waals surface area (Å²) in [4.78, 5) is 34.5. The molecule has 0 radical (unpaired) electrons. The summed E-state index contributed by atoms with van der Waals surface area (Å²) in [6.45, 7) is 5.86. The van der Waals surface area contributed by atoms with Crippen LogP contribution < -0.4 is 10.6 Å². The third-order valence-corrected chi connectivity index (χ3v) is 4.33. The van der Waals surface area contributed by atoms with E-state index in [0.29, 0.717) is 18.7 Å². The van der Waals surface area contributed by atoms with Gasteiger partial charge < -0.3 is 10.6 Å². The Morgan fingerprint density at radius 2 is 1.75 bits per heavy atom. The summed E-state index contributed by atoms with van der Waals surface area (Å²) < 4.78 is 0. The highest BCUT2D eigenvalue weighted by molar-refractivity contribution is 6.33. The van der Waals surface area contributed by atoms with Gasteiger partial charge in [0.05, 0.1) is 15.5 Å². The number of nitro groups is 1. The average molecular weight is 404 g/mol. The first-order chi connectivity index (χ1) is 13.1. The summed E-state index contributed by atoms with van der Waals surface area (Å²) in [7, 11) is 0. The van der Waals surface area contributed by atoms with E-state index in [9.17, 15) is 19.7 Å². The van der Waals surface area contributed by atoms with Crippen molar-refractivity contribution < 1.29 is 14.5 Å². The number of carbonyl (C=O) groups is 2. The van der Waals surface area contributed by atoms with Gasteiger partial charge in [-0.2, -0.15) is 0 Å². The van der Waals surface area contributed by atoms with Gasteiger partial charge in [0, 0.05) is 29.8 Å². The molecule has 0 aliphatic rings. The minimum Gasteiger partial charge on any atom is -0.352 e. The normalized spacial score (nSPS) is 11.0. The van der Waals surface area contributed by atoms with E-state index in [0.717, 1.165) is 11.6 Å². The van der Waals surface area contributed by atoms with Crippen molar-refractivity contribution in [2.45, 2.75) is 27.2 Å². The van der Waals surface area contributed by atoms with Crippen molar-refractivity contribution in [2.75, 3.05) is 11.9 Å². The van der Waals surface area contributed by atoms with E-state index in [1.807, 2.05) is 32.9 Å². The molecule has 2 amide bonds. The summed E-state index contributed by atoms with van der Waals surface area (Å²) in [5.74, 6) is -0.538. The number of nitrogens with zero attached hydrogens (tertiary/aromatic N) is 1. The fourth-order valence-corrected chi connectivity index (χ4v) is 2.49. The Morgan fingerprint density at radius 1 is 1.11 bits per heavy atom. The first-order valence-electron chi connectivity index (χ1n) is 8.70. The second-order valence-electron chi connectivity index (χ2n) is 7.33. The molecule has 2 N–H and O–H groups in total. The number of hydrogen-bond donors (Lipinski definition) is 2. The van der Waals surface area contributed by atoms with E-state index in [-0.39, 0.29) is 22.2 Å². The van der Waals surface area contributed by atoms with Crippen LogP contribution in [0.2, 0.25) is 5.02 Å². The van der Waals surface area contributed by atoms with Crippen LogP contribution in [-0.4, -0.2) is 23.3 Å². The lowest BCUT2D eigenvalue weighted by atomic mass is 9.95. The van der Waals surface area contributed by atoms with Gasteiger partial charge in [-0.1, -0.05) is 44.5 Å². The molecule has 0 aromatic heterocycles. The summed E-state index contributed by atoms with van der Waals surface area (Å²) in [6.07, 6.45) is 0.561. The zero-order chi connectivity index (χ0) is 20.9. The minimum absolute atomic E-state index is 0.0658. The third-order valence-electron chi connectivity index (χ3n) is 4.00. The third kappa shape index (κ3) is 5.79. The fourth-order valence-electron chi connectivity index (χ4n) is 2.29. The molecule has 0 bridgehead atoms. The monoisotopic (exact) mass is 403 g/mol. The second-order valence-corrected chi connectivity index (χ2v) is 7.74. The topological polar surface area (TPSA) is 101 Å². The highest BCUT2D eigenvalue weighted by atomic mass is 35.5. The number of hydrogen-bond acceptors (Lipinski definition) is 4. The molecule has 148 valence electrons. The average Bonchev–Trinajstić information content (AvgIpc) is 2.62. The molecule has 2 aromatic carbocycles. The first kappa shape index (κ1) is 21.4. The lowest BCUT2D eigenvalue weighted by Gasteiger charge is -2.17. The number of non-ortho nitro benzene ring substituents is 1. The summed E-state index contributed by atoms with van der Waals surface area (Å²) in [5, 5.41) is 16.5. The van der Waals surface area contributed by atoms with Crippen LogP contribution in [0.25, 0.3) is 0 Å². The molecule has 8 heteroatoms. The molecule has 0 aliphatic carbocycles. The van der Waals surface area contributed by atoms with Crippen molar-refractivity contribution in [3.8, 4) is 0 Å². The molecular weight excluding hydrogens is 382 g/mol. The maximum Gasteiger partial charge on any atom is 0.270 e. The van der Waals surface area contributed by atoms with Crippen molar-refractivity contribution >= 4 is 34.8 Å². The Labute approximate surface area is 168 Å². The summed E-state index contributed by atoms with van der Waals surface area (Å²) in [5.41, 5.74) is 1.07. The Morgan fingerprint density at radius 3 is 2.32 bits per heavy atom. The molecule has 0 spiro atoms. The van der Waals surface area contributed by atoms with Crippen LogP contribution in [0.4, 0.5) is 11.4 Å². The van der Waals surface area contributed by atoms with E-state index in [1.54, 1.807) is 12.1 Å². The molecule has 0 heterocycles. The van der Waals surface area contributed by atoms with Gasteiger partial charge in [0.15, 0.2) is 0 Å². The van der Waals surface area contributed by atoms with E-state index in [4.69, 9.17) is 11.6 Å². The van der Waals surface area contributed by atoms with Crippen molar-refractivity contribution in [1.82, 2.24) is 5.32 Å². The van der Waals surface area contributed by atoms with Gasteiger partial charge >= 0.3 is 0 Å². The van der Waals surface area contributed by atoms with Crippen molar-refractivity contribution in [2.24, 2.45) is 5.41 Å². The van der Waals surface area contributed by atoms with Gasteiger partial charge in [0.1, 0.15) is 0 Å². The van der Waals surface area contributed by atoms with Crippen LogP contribution in [0, 0.1) is 15.5 Å². The summed E-state index contributed by atoms with van der Waals surface area (Å²) in [6, 6.07) is 11.1. The number of carbonyl (C=O) groups excluding carboxylic acids is 2. The maximum absolute atomic E-state index is 12.2. The van der Waals surface area contributed by atoms with Crippen LogP contribution in [0.5, 0.6) is 0 Å². The van der Waals surface area contributed by atoms with Crippen LogP contribution in [0.15, 0.2) is 42.5 Å². The first-order valence-corrected chi connectivity index (χ1v) is 9.08. The zero-order valence-corrected chi connectivity index (χ0v) is 16.7. The zero-order valence-electron chi connectivity index (χ0n) is 15.9. The van der Waals surface area contributed by atoms with Gasteiger partial charge in [-0.3, -0.25) is 19.7 Å². The highest BCUT2D eigenvalue weighted by Crippen LogP contribution is 2.22.